The van der Waals surface area contributed by atoms with E-state index in [0.29, 0.717) is 0 Å². The van der Waals surface area contributed by atoms with Crippen molar-refractivity contribution in [1.29, 1.82) is 0 Å². The van der Waals surface area contributed by atoms with Crippen LogP contribution in [0.25, 0.3) is 0 Å². The fraction of sp³-hybridized carbons (Fsp3) is 0.214. The van der Waals surface area contributed by atoms with Gasteiger partial charge in [0, 0.05) is 5.92 Å². The van der Waals surface area contributed by atoms with Gasteiger partial charge in [-0.25, -0.2) is 0 Å². The van der Waals surface area contributed by atoms with E-state index in [1.807, 2.05) is 37.3 Å². The van der Waals surface area contributed by atoms with Crippen LogP contribution in [0, 0.1) is 6.92 Å². The van der Waals surface area contributed by atoms with Crippen molar-refractivity contribution in [1.82, 2.24) is 0 Å². The molecule has 0 heterocycles. The number of hydrogen-bond acceptors (Lipinski definition) is 2. The molecule has 0 aliphatic heterocycles. The zero-order valence-electron chi connectivity index (χ0n) is 17.6. The molecule has 0 amide bonds. The van der Waals surface area contributed by atoms with Gasteiger partial charge in [0.05, 0.1) is 11.6 Å². The van der Waals surface area contributed by atoms with Gasteiger partial charge < -0.3 is 10.8 Å². The van der Waals surface area contributed by atoms with Gasteiger partial charge in [-0.15, -0.1) is 0 Å². The Morgan fingerprint density at radius 3 is 2.10 bits per heavy atom. The lowest BCUT2D eigenvalue weighted by molar-refractivity contribution is 0.204. The first-order valence-electron chi connectivity index (χ1n) is 10.5. The maximum atomic E-state index is 10.5. The van der Waals surface area contributed by atoms with Crippen LogP contribution in [-0.2, 0) is 12.0 Å². The first kappa shape index (κ1) is 20.3. The van der Waals surface area contributed by atoms with Gasteiger partial charge in [0.1, 0.15) is 0 Å². The highest BCUT2D eigenvalue weighted by molar-refractivity contribution is 5.46. The van der Waals surface area contributed by atoms with E-state index in [0.717, 1.165) is 23.1 Å². The van der Waals surface area contributed by atoms with Crippen LogP contribution in [0.4, 0.5) is 0 Å². The number of rotatable bonds is 5. The van der Waals surface area contributed by atoms with E-state index >= 15 is 0 Å². The van der Waals surface area contributed by atoms with E-state index in [-0.39, 0.29) is 5.92 Å². The SMILES string of the molecule is Cc1ccc(Cc2ccc(C(C)(N)C3=CC(c4ccccc4)C(O)C=C3)cc2)cc1. The number of nitrogens with two attached hydrogens (primary N) is 1. The summed E-state index contributed by atoms with van der Waals surface area (Å²) in [6, 6.07) is 27.3. The molecule has 3 N–H and O–H groups in total. The van der Waals surface area contributed by atoms with Crippen LogP contribution in [0.15, 0.2) is 103 Å². The summed E-state index contributed by atoms with van der Waals surface area (Å²) in [5, 5.41) is 10.5. The number of aliphatic hydroxyl groups is 1. The fourth-order valence-electron chi connectivity index (χ4n) is 4.06. The van der Waals surface area contributed by atoms with Crippen molar-refractivity contribution in [3.8, 4) is 0 Å². The molecule has 30 heavy (non-hydrogen) atoms. The van der Waals surface area contributed by atoms with Crippen LogP contribution in [0.1, 0.15) is 40.7 Å². The molecule has 2 heteroatoms. The average molecular weight is 396 g/mol. The average Bonchev–Trinajstić information content (AvgIpc) is 2.76. The van der Waals surface area contributed by atoms with E-state index in [1.54, 1.807) is 0 Å². The molecule has 2 nitrogen and oxygen atoms in total. The van der Waals surface area contributed by atoms with Crippen molar-refractivity contribution in [3.63, 3.8) is 0 Å². The van der Waals surface area contributed by atoms with Crippen molar-refractivity contribution in [2.24, 2.45) is 5.73 Å². The van der Waals surface area contributed by atoms with E-state index < -0.39 is 11.6 Å². The molecule has 0 aromatic heterocycles. The van der Waals surface area contributed by atoms with E-state index in [1.165, 1.54) is 16.7 Å². The molecule has 1 aliphatic rings. The Bertz CT molecular complexity index is 1040. The molecule has 3 aromatic carbocycles. The molecule has 0 fully saturated rings. The first-order chi connectivity index (χ1) is 14.4. The minimum atomic E-state index is -0.633. The largest absolute Gasteiger partial charge is 0.388 e. The highest BCUT2D eigenvalue weighted by Gasteiger charge is 2.30. The van der Waals surface area contributed by atoms with Gasteiger partial charge in [0.25, 0.3) is 0 Å². The van der Waals surface area contributed by atoms with Gasteiger partial charge in [-0.3, -0.25) is 0 Å². The Morgan fingerprint density at radius 2 is 1.47 bits per heavy atom. The third-order valence-electron chi connectivity index (χ3n) is 6.07. The van der Waals surface area contributed by atoms with Crippen molar-refractivity contribution in [3.05, 3.63) is 130 Å². The minimum absolute atomic E-state index is 0.0881. The number of aliphatic hydroxyl groups excluding tert-OH is 1. The lowest BCUT2D eigenvalue weighted by Gasteiger charge is -2.32. The van der Waals surface area contributed by atoms with Crippen molar-refractivity contribution < 1.29 is 5.11 Å². The van der Waals surface area contributed by atoms with E-state index in [4.69, 9.17) is 5.73 Å². The van der Waals surface area contributed by atoms with Crippen molar-refractivity contribution in [2.75, 3.05) is 0 Å². The smallest absolute Gasteiger partial charge is 0.0827 e. The lowest BCUT2D eigenvalue weighted by atomic mass is 9.78. The molecular formula is C28H29NO. The molecule has 3 atom stereocenters. The predicted molar refractivity (Wildman–Crippen MR) is 124 cm³/mol. The second-order valence-electron chi connectivity index (χ2n) is 8.47. The minimum Gasteiger partial charge on any atom is -0.388 e. The maximum absolute atomic E-state index is 10.5. The molecular weight excluding hydrogens is 366 g/mol. The third-order valence-corrected chi connectivity index (χ3v) is 6.07. The summed E-state index contributed by atoms with van der Waals surface area (Å²) in [6.45, 7) is 4.15. The second kappa shape index (κ2) is 8.43. The molecule has 3 unspecified atom stereocenters. The number of hydrogen-bond donors (Lipinski definition) is 2. The zero-order chi connectivity index (χ0) is 21.1. The molecule has 0 saturated carbocycles. The summed E-state index contributed by atoms with van der Waals surface area (Å²) in [5.74, 6) is -0.0881. The van der Waals surface area contributed by atoms with Gasteiger partial charge >= 0.3 is 0 Å². The van der Waals surface area contributed by atoms with Crippen LogP contribution in [-0.4, -0.2) is 11.2 Å². The van der Waals surface area contributed by atoms with E-state index in [9.17, 15) is 5.11 Å². The second-order valence-corrected chi connectivity index (χ2v) is 8.47. The Hall–Kier alpha value is -2.94. The highest BCUT2D eigenvalue weighted by atomic mass is 16.3. The van der Waals surface area contributed by atoms with Gasteiger partial charge in [0.15, 0.2) is 0 Å². The summed E-state index contributed by atoms with van der Waals surface area (Å²) < 4.78 is 0. The zero-order valence-corrected chi connectivity index (χ0v) is 17.6. The summed E-state index contributed by atoms with van der Waals surface area (Å²) in [6.07, 6.45) is 6.30. The Morgan fingerprint density at radius 1 is 0.867 bits per heavy atom. The summed E-state index contributed by atoms with van der Waals surface area (Å²) in [4.78, 5) is 0. The number of benzene rings is 3. The molecule has 152 valence electrons. The van der Waals surface area contributed by atoms with Crippen LogP contribution in [0.2, 0.25) is 0 Å². The van der Waals surface area contributed by atoms with Gasteiger partial charge in [-0.05, 0) is 48.1 Å². The fourth-order valence-corrected chi connectivity index (χ4v) is 4.06. The van der Waals surface area contributed by atoms with Crippen LogP contribution in [0.5, 0.6) is 0 Å². The molecule has 0 saturated heterocycles. The van der Waals surface area contributed by atoms with Crippen LogP contribution in [0.3, 0.4) is 0 Å². The van der Waals surface area contributed by atoms with Gasteiger partial charge in [0.2, 0.25) is 0 Å². The number of aryl methyl sites for hydroxylation is 1. The first-order valence-corrected chi connectivity index (χ1v) is 10.5. The normalized spacial score (nSPS) is 20.5. The van der Waals surface area contributed by atoms with Crippen LogP contribution < -0.4 is 5.73 Å². The summed E-state index contributed by atoms with van der Waals surface area (Å²) in [7, 11) is 0. The molecule has 0 bridgehead atoms. The molecule has 4 rings (SSSR count). The monoisotopic (exact) mass is 395 g/mol. The molecule has 0 radical (unpaired) electrons. The quantitative estimate of drug-likeness (QED) is 0.607. The molecule has 3 aromatic rings. The molecule has 0 spiro atoms. The van der Waals surface area contributed by atoms with Crippen molar-refractivity contribution >= 4 is 0 Å². The Labute approximate surface area is 179 Å². The summed E-state index contributed by atoms with van der Waals surface area (Å²) in [5.41, 5.74) is 13.2. The lowest BCUT2D eigenvalue weighted by Crippen LogP contribution is -2.36. The van der Waals surface area contributed by atoms with Gasteiger partial charge in [-0.1, -0.05) is 103 Å². The molecule has 1 aliphatic carbocycles. The van der Waals surface area contributed by atoms with Gasteiger partial charge in [-0.2, -0.15) is 0 Å². The highest BCUT2D eigenvalue weighted by Crippen LogP contribution is 2.35. The third kappa shape index (κ3) is 4.30. The van der Waals surface area contributed by atoms with Crippen LogP contribution >= 0.6 is 0 Å². The Kier molecular flexibility index (Phi) is 5.72. The maximum Gasteiger partial charge on any atom is 0.0827 e. The topological polar surface area (TPSA) is 46.2 Å². The standard InChI is InChI=1S/C28H29NO/c1-20-8-10-21(11-9-20)18-22-12-14-24(15-13-22)28(2,29)25-16-17-27(30)26(19-25)23-6-4-3-5-7-23/h3-17,19,26-27,30H,18,29H2,1-2H3. The summed E-state index contributed by atoms with van der Waals surface area (Å²) >= 11 is 0. The predicted octanol–water partition coefficient (Wildman–Crippen LogP) is 5.40. The Balaban J connectivity index is 1.56. The van der Waals surface area contributed by atoms with Crippen molar-refractivity contribution in [2.45, 2.75) is 37.8 Å². The van der Waals surface area contributed by atoms with E-state index in [2.05, 4.69) is 73.7 Å².